The van der Waals surface area contributed by atoms with E-state index in [1.807, 2.05) is 6.07 Å². The van der Waals surface area contributed by atoms with E-state index in [2.05, 4.69) is 4.72 Å². The van der Waals surface area contributed by atoms with E-state index in [1.165, 1.54) is 0 Å². The highest BCUT2D eigenvalue weighted by Crippen LogP contribution is 2.25. The summed E-state index contributed by atoms with van der Waals surface area (Å²) >= 11 is 0.995. The van der Waals surface area contributed by atoms with Crippen LogP contribution in [0.1, 0.15) is 17.4 Å². The van der Waals surface area contributed by atoms with Crippen LogP contribution in [0.15, 0.2) is 10.3 Å². The maximum atomic E-state index is 11.6. The van der Waals surface area contributed by atoms with Crippen molar-refractivity contribution in [1.29, 1.82) is 5.26 Å². The molecule has 0 saturated heterocycles. The Kier molecular flexibility index (Phi) is 3.26. The predicted octanol–water partition coefficient (Wildman–Crippen LogP) is 1.23. The lowest BCUT2D eigenvalue weighted by molar-refractivity contribution is 0.585. The summed E-state index contributed by atoms with van der Waals surface area (Å²) in [6.45, 7) is 3.74. The molecule has 0 radical (unpaired) electrons. The van der Waals surface area contributed by atoms with Crippen molar-refractivity contribution in [2.24, 2.45) is 0 Å². The Morgan fingerprint density at radius 2 is 2.29 bits per heavy atom. The molecule has 1 N–H and O–H groups in total. The van der Waals surface area contributed by atoms with Gasteiger partial charge in [-0.1, -0.05) is 6.92 Å². The summed E-state index contributed by atoms with van der Waals surface area (Å²) in [7, 11) is -3.41. The van der Waals surface area contributed by atoms with Crippen LogP contribution in [-0.4, -0.2) is 15.0 Å². The molecule has 76 valence electrons. The average molecular weight is 230 g/mol. The number of nitriles is 1. The number of hydrogen-bond acceptors (Lipinski definition) is 4. The summed E-state index contributed by atoms with van der Waals surface area (Å²) in [6.07, 6.45) is 0. The van der Waals surface area contributed by atoms with Gasteiger partial charge in [0.2, 0.25) is 10.0 Å². The molecule has 0 saturated carbocycles. The van der Waals surface area contributed by atoms with E-state index in [4.69, 9.17) is 5.26 Å². The lowest BCUT2D eigenvalue weighted by Gasteiger charge is -2.01. The molecule has 1 heterocycles. The van der Waals surface area contributed by atoms with E-state index < -0.39 is 10.0 Å². The van der Waals surface area contributed by atoms with Gasteiger partial charge in [-0.2, -0.15) is 5.26 Å². The molecule has 0 spiro atoms. The highest BCUT2D eigenvalue weighted by atomic mass is 32.2. The number of nitrogens with one attached hydrogen (secondary N) is 1. The molecule has 0 bridgehead atoms. The normalized spacial score (nSPS) is 11.2. The topological polar surface area (TPSA) is 70.0 Å². The fourth-order valence-electron chi connectivity index (χ4n) is 1.04. The lowest BCUT2D eigenvalue weighted by Crippen LogP contribution is -2.22. The number of nitrogens with zero attached hydrogens (tertiary/aromatic N) is 1. The summed E-state index contributed by atoms with van der Waals surface area (Å²) in [6, 6.07) is 3.51. The fraction of sp³-hybridized carbons (Fsp3) is 0.375. The van der Waals surface area contributed by atoms with Gasteiger partial charge in [0.1, 0.15) is 15.2 Å². The van der Waals surface area contributed by atoms with Gasteiger partial charge in [0.15, 0.2) is 0 Å². The number of thiophene rings is 1. The van der Waals surface area contributed by atoms with Crippen LogP contribution in [0.4, 0.5) is 0 Å². The van der Waals surface area contributed by atoms with Gasteiger partial charge in [0.05, 0.1) is 0 Å². The first kappa shape index (κ1) is 11.2. The van der Waals surface area contributed by atoms with Crippen molar-refractivity contribution < 1.29 is 8.42 Å². The van der Waals surface area contributed by atoms with Crippen molar-refractivity contribution in [2.75, 3.05) is 6.54 Å². The van der Waals surface area contributed by atoms with Gasteiger partial charge in [0.25, 0.3) is 0 Å². The Morgan fingerprint density at radius 1 is 1.64 bits per heavy atom. The summed E-state index contributed by atoms with van der Waals surface area (Å²) in [5.41, 5.74) is 0.618. The first-order valence-electron chi connectivity index (χ1n) is 4.01. The van der Waals surface area contributed by atoms with Crippen LogP contribution >= 0.6 is 11.3 Å². The molecule has 0 aromatic carbocycles. The van der Waals surface area contributed by atoms with Gasteiger partial charge in [-0.25, -0.2) is 13.1 Å². The maximum absolute atomic E-state index is 11.6. The average Bonchev–Trinajstić information content (AvgIpc) is 2.47. The highest BCUT2D eigenvalue weighted by Gasteiger charge is 2.18. The largest absolute Gasteiger partial charge is 0.250 e. The van der Waals surface area contributed by atoms with E-state index >= 15 is 0 Å². The van der Waals surface area contributed by atoms with Crippen LogP contribution in [0, 0.1) is 18.3 Å². The third-order valence-corrected chi connectivity index (χ3v) is 4.88. The number of rotatable bonds is 3. The maximum Gasteiger partial charge on any atom is 0.250 e. The number of hydrogen-bond donors (Lipinski definition) is 1. The van der Waals surface area contributed by atoms with E-state index in [0.717, 1.165) is 11.3 Å². The van der Waals surface area contributed by atoms with Crippen LogP contribution in [0.5, 0.6) is 0 Å². The van der Waals surface area contributed by atoms with Crippen molar-refractivity contribution in [3.8, 4) is 6.07 Å². The van der Waals surface area contributed by atoms with Crippen LogP contribution < -0.4 is 4.72 Å². The van der Waals surface area contributed by atoms with Crippen molar-refractivity contribution >= 4 is 21.4 Å². The molecule has 0 fully saturated rings. The summed E-state index contributed by atoms with van der Waals surface area (Å²) in [5, 5.41) is 8.62. The van der Waals surface area contributed by atoms with Crippen LogP contribution in [0.3, 0.4) is 0 Å². The molecule has 4 nitrogen and oxygen atoms in total. The van der Waals surface area contributed by atoms with Crippen molar-refractivity contribution in [3.05, 3.63) is 16.5 Å². The minimum atomic E-state index is -3.41. The molecular weight excluding hydrogens is 220 g/mol. The Balaban J connectivity index is 3.20. The Hall–Kier alpha value is -0.900. The van der Waals surface area contributed by atoms with E-state index in [0.29, 0.717) is 17.0 Å². The minimum Gasteiger partial charge on any atom is -0.211 e. The third-order valence-electron chi connectivity index (χ3n) is 1.56. The van der Waals surface area contributed by atoms with Gasteiger partial charge in [-0.3, -0.25) is 0 Å². The van der Waals surface area contributed by atoms with Crippen LogP contribution in [0.2, 0.25) is 0 Å². The smallest absolute Gasteiger partial charge is 0.211 e. The van der Waals surface area contributed by atoms with E-state index in [1.54, 1.807) is 19.9 Å². The second-order valence-corrected chi connectivity index (χ2v) is 5.71. The first-order chi connectivity index (χ1) is 6.51. The quantitative estimate of drug-likeness (QED) is 0.849. The predicted molar refractivity (Wildman–Crippen MR) is 54.6 cm³/mol. The zero-order valence-electron chi connectivity index (χ0n) is 7.86. The molecule has 0 unspecified atom stereocenters. The van der Waals surface area contributed by atoms with Crippen LogP contribution in [-0.2, 0) is 10.0 Å². The molecule has 1 rings (SSSR count). The molecule has 0 amide bonds. The molecular formula is C8H10N2O2S2. The Morgan fingerprint density at radius 3 is 2.71 bits per heavy atom. The Bertz CT molecular complexity index is 468. The summed E-state index contributed by atoms with van der Waals surface area (Å²) < 4.78 is 25.8. The summed E-state index contributed by atoms with van der Waals surface area (Å²) in [5.74, 6) is 0. The van der Waals surface area contributed by atoms with Gasteiger partial charge >= 0.3 is 0 Å². The highest BCUT2D eigenvalue weighted by molar-refractivity contribution is 7.91. The van der Waals surface area contributed by atoms with E-state index in [9.17, 15) is 8.42 Å². The SMILES string of the molecule is CCNS(=O)(=O)c1sc(C#N)cc1C. The molecule has 1 aromatic rings. The van der Waals surface area contributed by atoms with Gasteiger partial charge < -0.3 is 0 Å². The molecule has 6 heteroatoms. The monoisotopic (exact) mass is 230 g/mol. The lowest BCUT2D eigenvalue weighted by atomic mass is 10.3. The molecule has 0 atom stereocenters. The van der Waals surface area contributed by atoms with Crippen molar-refractivity contribution in [2.45, 2.75) is 18.1 Å². The van der Waals surface area contributed by atoms with Crippen LogP contribution in [0.25, 0.3) is 0 Å². The van der Waals surface area contributed by atoms with Gasteiger partial charge in [-0.15, -0.1) is 11.3 Å². The first-order valence-corrected chi connectivity index (χ1v) is 6.31. The molecule has 0 aliphatic heterocycles. The van der Waals surface area contributed by atoms with Gasteiger partial charge in [-0.05, 0) is 18.6 Å². The van der Waals surface area contributed by atoms with Crippen molar-refractivity contribution in [3.63, 3.8) is 0 Å². The molecule has 0 aliphatic carbocycles. The second kappa shape index (κ2) is 4.09. The third kappa shape index (κ3) is 2.12. The number of sulfonamides is 1. The Labute approximate surface area is 87.2 Å². The fourth-order valence-corrected chi connectivity index (χ4v) is 3.62. The van der Waals surface area contributed by atoms with Crippen molar-refractivity contribution in [1.82, 2.24) is 4.72 Å². The zero-order valence-corrected chi connectivity index (χ0v) is 9.50. The van der Waals surface area contributed by atoms with Gasteiger partial charge in [0, 0.05) is 6.54 Å². The second-order valence-electron chi connectivity index (χ2n) is 2.69. The zero-order chi connectivity index (χ0) is 10.8. The molecule has 0 aliphatic rings. The standard InChI is InChI=1S/C8H10N2O2S2/c1-3-10-14(11,12)8-6(2)4-7(5-9)13-8/h4,10H,3H2,1-2H3. The molecule has 14 heavy (non-hydrogen) atoms. The minimum absolute atomic E-state index is 0.232. The summed E-state index contributed by atoms with van der Waals surface area (Å²) in [4.78, 5) is 0.416. The molecule has 1 aromatic heterocycles. The number of aryl methyl sites for hydroxylation is 1. The van der Waals surface area contributed by atoms with E-state index in [-0.39, 0.29) is 4.21 Å².